The summed E-state index contributed by atoms with van der Waals surface area (Å²) in [5, 5.41) is 0.522. The Labute approximate surface area is 142 Å². The Hall–Kier alpha value is -3.28. The van der Waals surface area contributed by atoms with Crippen LogP contribution >= 0.6 is 0 Å². The van der Waals surface area contributed by atoms with E-state index in [0.29, 0.717) is 10.9 Å². The molecule has 0 amide bonds. The maximum Gasteiger partial charge on any atom is 0.339 e. The van der Waals surface area contributed by atoms with Crippen LogP contribution in [0.3, 0.4) is 0 Å². The number of carbonyl (C=O) groups excluding carboxylic acids is 2. The summed E-state index contributed by atoms with van der Waals surface area (Å²) in [6.07, 6.45) is -1.07. The first-order valence-corrected chi connectivity index (χ1v) is 7.58. The van der Waals surface area contributed by atoms with E-state index in [1.54, 1.807) is 24.3 Å². The summed E-state index contributed by atoms with van der Waals surface area (Å²) in [5.41, 5.74) is 0.373. The fourth-order valence-corrected chi connectivity index (χ4v) is 2.50. The second-order valence-corrected chi connectivity index (χ2v) is 5.51. The van der Waals surface area contributed by atoms with Crippen molar-refractivity contribution in [3.63, 3.8) is 0 Å². The SMILES string of the molecule is CC(OC(=O)c1cc(=O)[nH]c2ccccc12)C(=O)c1ccc(F)cc1. The second-order valence-electron chi connectivity index (χ2n) is 5.51. The lowest BCUT2D eigenvalue weighted by atomic mass is 10.1. The van der Waals surface area contributed by atoms with Crippen LogP contribution in [0.25, 0.3) is 10.9 Å². The van der Waals surface area contributed by atoms with Gasteiger partial charge in [0, 0.05) is 22.5 Å². The molecule has 3 aromatic rings. The number of aromatic amines is 1. The first-order chi connectivity index (χ1) is 12.0. The number of nitrogens with one attached hydrogen (secondary N) is 1. The van der Waals surface area contributed by atoms with Crippen LogP contribution in [-0.4, -0.2) is 22.8 Å². The van der Waals surface area contributed by atoms with Crippen LogP contribution < -0.4 is 5.56 Å². The molecule has 0 aliphatic rings. The summed E-state index contributed by atoms with van der Waals surface area (Å²) in [6.45, 7) is 1.43. The molecule has 5 nitrogen and oxygen atoms in total. The molecule has 0 saturated carbocycles. The largest absolute Gasteiger partial charge is 0.451 e. The topological polar surface area (TPSA) is 76.2 Å². The van der Waals surface area contributed by atoms with Gasteiger partial charge in [-0.3, -0.25) is 9.59 Å². The number of ketones is 1. The monoisotopic (exact) mass is 339 g/mol. The van der Waals surface area contributed by atoms with Crippen LogP contribution in [0, 0.1) is 5.82 Å². The number of halogens is 1. The van der Waals surface area contributed by atoms with Gasteiger partial charge in [-0.2, -0.15) is 0 Å². The predicted molar refractivity (Wildman–Crippen MR) is 90.2 cm³/mol. The zero-order valence-electron chi connectivity index (χ0n) is 13.3. The first kappa shape index (κ1) is 16.6. The molecule has 3 rings (SSSR count). The van der Waals surface area contributed by atoms with Crippen LogP contribution in [0.5, 0.6) is 0 Å². The minimum Gasteiger partial charge on any atom is -0.451 e. The molecule has 0 aliphatic heterocycles. The molecule has 0 spiro atoms. The minimum atomic E-state index is -1.07. The number of para-hydroxylation sites is 1. The molecule has 6 heteroatoms. The summed E-state index contributed by atoms with van der Waals surface area (Å²) < 4.78 is 18.2. The van der Waals surface area contributed by atoms with Crippen molar-refractivity contribution in [1.29, 1.82) is 0 Å². The van der Waals surface area contributed by atoms with Gasteiger partial charge in [-0.25, -0.2) is 9.18 Å². The van der Waals surface area contributed by atoms with Gasteiger partial charge in [0.2, 0.25) is 11.3 Å². The second kappa shape index (κ2) is 6.68. The number of H-pyrrole nitrogens is 1. The lowest BCUT2D eigenvalue weighted by Gasteiger charge is -2.13. The molecule has 0 saturated heterocycles. The van der Waals surface area contributed by atoms with Crippen molar-refractivity contribution in [3.05, 3.63) is 81.9 Å². The highest BCUT2D eigenvalue weighted by Crippen LogP contribution is 2.17. The van der Waals surface area contributed by atoms with Gasteiger partial charge in [0.15, 0.2) is 6.10 Å². The summed E-state index contributed by atoms with van der Waals surface area (Å²) in [7, 11) is 0. The van der Waals surface area contributed by atoms with E-state index in [1.165, 1.54) is 19.1 Å². The third-order valence-corrected chi connectivity index (χ3v) is 3.75. The Bertz CT molecular complexity index is 1010. The number of Topliss-reactive ketones (excluding diaryl/α,β-unsaturated/α-hetero) is 1. The molecule has 25 heavy (non-hydrogen) atoms. The number of pyridine rings is 1. The molecule has 1 unspecified atom stereocenters. The zero-order chi connectivity index (χ0) is 18.0. The highest BCUT2D eigenvalue weighted by Gasteiger charge is 2.22. The highest BCUT2D eigenvalue weighted by molar-refractivity contribution is 6.05. The fraction of sp³-hybridized carbons (Fsp3) is 0.105. The van der Waals surface area contributed by atoms with E-state index in [0.717, 1.165) is 18.2 Å². The molecule has 2 aromatic carbocycles. The lowest BCUT2D eigenvalue weighted by Crippen LogP contribution is -2.25. The average Bonchev–Trinajstić information content (AvgIpc) is 2.60. The molecule has 1 aromatic heterocycles. The average molecular weight is 339 g/mol. The van der Waals surface area contributed by atoms with Gasteiger partial charge in [-0.05, 0) is 37.3 Å². The van der Waals surface area contributed by atoms with E-state index in [9.17, 15) is 18.8 Å². The summed E-state index contributed by atoms with van der Waals surface area (Å²) >= 11 is 0. The van der Waals surface area contributed by atoms with E-state index >= 15 is 0 Å². The van der Waals surface area contributed by atoms with E-state index in [1.807, 2.05) is 0 Å². The van der Waals surface area contributed by atoms with Crippen molar-refractivity contribution in [1.82, 2.24) is 4.98 Å². The number of carbonyl (C=O) groups is 2. The Kier molecular flexibility index (Phi) is 4.43. The summed E-state index contributed by atoms with van der Waals surface area (Å²) in [6, 6.07) is 12.9. The van der Waals surface area contributed by atoms with Crippen molar-refractivity contribution in [2.45, 2.75) is 13.0 Å². The molecule has 0 radical (unpaired) electrons. The quantitative estimate of drug-likeness (QED) is 0.585. The lowest BCUT2D eigenvalue weighted by molar-refractivity contribution is 0.0320. The van der Waals surface area contributed by atoms with Crippen molar-refractivity contribution in [2.75, 3.05) is 0 Å². The van der Waals surface area contributed by atoms with Crippen molar-refractivity contribution < 1.29 is 18.7 Å². The minimum absolute atomic E-state index is 0.0816. The molecule has 1 atom stereocenters. The van der Waals surface area contributed by atoms with Gasteiger partial charge >= 0.3 is 5.97 Å². The normalized spacial score (nSPS) is 11.9. The van der Waals surface area contributed by atoms with Gasteiger partial charge < -0.3 is 9.72 Å². The maximum atomic E-state index is 12.9. The first-order valence-electron chi connectivity index (χ1n) is 7.58. The summed E-state index contributed by atoms with van der Waals surface area (Å²) in [4.78, 5) is 39.1. The van der Waals surface area contributed by atoms with Gasteiger partial charge in [-0.15, -0.1) is 0 Å². The van der Waals surface area contributed by atoms with Crippen molar-refractivity contribution in [3.8, 4) is 0 Å². The number of rotatable bonds is 4. The van der Waals surface area contributed by atoms with Crippen molar-refractivity contribution >= 4 is 22.7 Å². The molecule has 1 heterocycles. The van der Waals surface area contributed by atoms with E-state index in [-0.39, 0.29) is 11.1 Å². The maximum absolute atomic E-state index is 12.9. The number of benzene rings is 2. The molecule has 126 valence electrons. The van der Waals surface area contributed by atoms with Crippen LogP contribution in [0.4, 0.5) is 4.39 Å². The Balaban J connectivity index is 1.86. The predicted octanol–water partition coefficient (Wildman–Crippen LogP) is 3.10. The highest BCUT2D eigenvalue weighted by atomic mass is 19.1. The molecular formula is C19H14FNO4. The van der Waals surface area contributed by atoms with Crippen LogP contribution in [-0.2, 0) is 4.74 Å². The Morgan fingerprint density at radius 3 is 2.48 bits per heavy atom. The number of hydrogen-bond donors (Lipinski definition) is 1. The number of hydrogen-bond acceptors (Lipinski definition) is 4. The number of esters is 1. The van der Waals surface area contributed by atoms with Crippen LogP contribution in [0.15, 0.2) is 59.4 Å². The van der Waals surface area contributed by atoms with Crippen LogP contribution in [0.2, 0.25) is 0 Å². The van der Waals surface area contributed by atoms with Gasteiger partial charge in [0.1, 0.15) is 5.82 Å². The Morgan fingerprint density at radius 1 is 1.08 bits per heavy atom. The number of aromatic nitrogens is 1. The molecular weight excluding hydrogens is 325 g/mol. The molecule has 1 N–H and O–H groups in total. The standard InChI is InChI=1S/C19H14FNO4/c1-11(18(23)12-6-8-13(20)9-7-12)25-19(24)15-10-17(22)21-16-5-3-2-4-14(15)16/h2-11H,1H3,(H,21,22). The summed E-state index contributed by atoms with van der Waals surface area (Å²) in [5.74, 6) is -1.69. The number of ether oxygens (including phenoxy) is 1. The third-order valence-electron chi connectivity index (χ3n) is 3.75. The zero-order valence-corrected chi connectivity index (χ0v) is 13.3. The fourth-order valence-electron chi connectivity index (χ4n) is 2.50. The molecule has 0 bridgehead atoms. The molecule has 0 fully saturated rings. The van der Waals surface area contributed by atoms with Gasteiger partial charge in [0.25, 0.3) is 0 Å². The van der Waals surface area contributed by atoms with Crippen LogP contribution in [0.1, 0.15) is 27.6 Å². The van der Waals surface area contributed by atoms with Crippen molar-refractivity contribution in [2.24, 2.45) is 0 Å². The smallest absolute Gasteiger partial charge is 0.339 e. The van der Waals surface area contributed by atoms with E-state index in [2.05, 4.69) is 4.98 Å². The van der Waals surface area contributed by atoms with E-state index in [4.69, 9.17) is 4.74 Å². The Morgan fingerprint density at radius 2 is 1.76 bits per heavy atom. The van der Waals surface area contributed by atoms with Gasteiger partial charge in [-0.1, -0.05) is 18.2 Å². The number of fused-ring (bicyclic) bond motifs is 1. The van der Waals surface area contributed by atoms with E-state index < -0.39 is 29.2 Å². The molecule has 0 aliphatic carbocycles. The van der Waals surface area contributed by atoms with Gasteiger partial charge in [0.05, 0.1) is 5.56 Å². The third kappa shape index (κ3) is 3.47.